The summed E-state index contributed by atoms with van der Waals surface area (Å²) in [5.74, 6) is -0.450. The molecule has 0 bridgehead atoms. The molecular formula is C15H19NO5. The van der Waals surface area contributed by atoms with Gasteiger partial charge in [0.25, 0.3) is 5.91 Å². The maximum absolute atomic E-state index is 12.3. The Morgan fingerprint density at radius 2 is 2.14 bits per heavy atom. The van der Waals surface area contributed by atoms with Crippen LogP contribution in [0.15, 0.2) is 30.3 Å². The van der Waals surface area contributed by atoms with Crippen molar-refractivity contribution in [2.45, 2.75) is 25.6 Å². The topological polar surface area (TPSA) is 76.1 Å². The predicted molar refractivity (Wildman–Crippen MR) is 75.1 cm³/mol. The Kier molecular flexibility index (Phi) is 5.16. The normalized spacial score (nSPS) is 19.9. The van der Waals surface area contributed by atoms with Crippen LogP contribution in [0, 0.1) is 0 Å². The average molecular weight is 293 g/mol. The summed E-state index contributed by atoms with van der Waals surface area (Å²) in [6, 6.07) is 9.12. The molecule has 1 saturated heterocycles. The van der Waals surface area contributed by atoms with E-state index < -0.39 is 18.2 Å². The van der Waals surface area contributed by atoms with Crippen molar-refractivity contribution >= 4 is 11.9 Å². The molecule has 6 heteroatoms. The Morgan fingerprint density at radius 3 is 2.81 bits per heavy atom. The third kappa shape index (κ3) is 4.46. The average Bonchev–Trinajstić information content (AvgIpc) is 2.47. The number of para-hydroxylation sites is 1. The number of rotatable bonds is 5. The van der Waals surface area contributed by atoms with E-state index in [1.807, 2.05) is 18.2 Å². The van der Waals surface area contributed by atoms with Gasteiger partial charge in [0.05, 0.1) is 19.1 Å². The fraction of sp³-hybridized carbons (Fsp3) is 0.467. The second kappa shape index (κ2) is 7.08. The summed E-state index contributed by atoms with van der Waals surface area (Å²) in [4.78, 5) is 24.6. The summed E-state index contributed by atoms with van der Waals surface area (Å²) in [6.45, 7) is 2.78. The third-order valence-electron chi connectivity index (χ3n) is 3.26. The number of carboxylic acid groups (broad SMARTS) is 1. The van der Waals surface area contributed by atoms with E-state index in [1.54, 1.807) is 24.0 Å². The highest BCUT2D eigenvalue weighted by atomic mass is 16.5. The minimum absolute atomic E-state index is 0.0995. The van der Waals surface area contributed by atoms with Gasteiger partial charge in [-0.15, -0.1) is 0 Å². The number of carbonyl (C=O) groups excluding carboxylic acids is 1. The number of hydrogen-bond donors (Lipinski definition) is 1. The molecule has 0 aromatic heterocycles. The first-order valence-electron chi connectivity index (χ1n) is 6.90. The van der Waals surface area contributed by atoms with Crippen LogP contribution >= 0.6 is 0 Å². The summed E-state index contributed by atoms with van der Waals surface area (Å²) in [5, 5.41) is 8.79. The Labute approximate surface area is 123 Å². The first-order valence-corrected chi connectivity index (χ1v) is 6.90. The molecule has 1 amide bonds. The van der Waals surface area contributed by atoms with E-state index >= 15 is 0 Å². The number of aliphatic carboxylic acids is 1. The van der Waals surface area contributed by atoms with Gasteiger partial charge in [0.15, 0.2) is 6.10 Å². The molecule has 114 valence electrons. The van der Waals surface area contributed by atoms with Gasteiger partial charge in [-0.05, 0) is 19.1 Å². The van der Waals surface area contributed by atoms with Crippen molar-refractivity contribution in [1.29, 1.82) is 0 Å². The third-order valence-corrected chi connectivity index (χ3v) is 3.26. The van der Waals surface area contributed by atoms with Gasteiger partial charge in [-0.1, -0.05) is 18.2 Å². The molecule has 2 unspecified atom stereocenters. The van der Waals surface area contributed by atoms with Crippen LogP contribution in [0.1, 0.15) is 13.3 Å². The van der Waals surface area contributed by atoms with Crippen molar-refractivity contribution in [2.24, 2.45) is 0 Å². The van der Waals surface area contributed by atoms with Crippen molar-refractivity contribution in [1.82, 2.24) is 4.90 Å². The molecule has 6 nitrogen and oxygen atoms in total. The van der Waals surface area contributed by atoms with Gasteiger partial charge in [-0.3, -0.25) is 9.59 Å². The second-order valence-corrected chi connectivity index (χ2v) is 4.95. The Morgan fingerprint density at radius 1 is 1.43 bits per heavy atom. The van der Waals surface area contributed by atoms with Crippen molar-refractivity contribution in [3.8, 4) is 5.75 Å². The minimum atomic E-state index is -0.928. The molecular weight excluding hydrogens is 274 g/mol. The lowest BCUT2D eigenvalue weighted by atomic mass is 10.2. The van der Waals surface area contributed by atoms with Crippen LogP contribution in [-0.4, -0.2) is 53.8 Å². The zero-order valence-corrected chi connectivity index (χ0v) is 11.9. The fourth-order valence-electron chi connectivity index (χ4n) is 2.25. The molecule has 1 aliphatic heterocycles. The zero-order valence-electron chi connectivity index (χ0n) is 11.9. The predicted octanol–water partition coefficient (Wildman–Crippen LogP) is 1.16. The van der Waals surface area contributed by atoms with Crippen LogP contribution in [0.5, 0.6) is 5.75 Å². The van der Waals surface area contributed by atoms with E-state index in [-0.39, 0.29) is 18.9 Å². The number of carboxylic acids is 1. The van der Waals surface area contributed by atoms with Gasteiger partial charge < -0.3 is 19.5 Å². The van der Waals surface area contributed by atoms with E-state index in [0.29, 0.717) is 18.9 Å². The van der Waals surface area contributed by atoms with Crippen molar-refractivity contribution in [3.05, 3.63) is 30.3 Å². The summed E-state index contributed by atoms with van der Waals surface area (Å²) in [6.07, 6.45) is -1.17. The zero-order chi connectivity index (χ0) is 15.2. The number of morpholine rings is 1. The highest BCUT2D eigenvalue weighted by molar-refractivity contribution is 5.81. The van der Waals surface area contributed by atoms with E-state index in [2.05, 4.69) is 0 Å². The molecule has 1 heterocycles. The highest BCUT2D eigenvalue weighted by Crippen LogP contribution is 2.14. The smallest absolute Gasteiger partial charge is 0.306 e. The standard InChI is InChI=1S/C15H19NO5/c1-11(21-12-5-3-2-4-6-12)15(19)16-7-8-20-13(10-16)9-14(17)18/h2-6,11,13H,7-10H2,1H3,(H,17,18). The summed E-state index contributed by atoms with van der Waals surface area (Å²) < 4.78 is 10.9. The van der Waals surface area contributed by atoms with Crippen LogP contribution in [0.4, 0.5) is 0 Å². The summed E-state index contributed by atoms with van der Waals surface area (Å²) in [7, 11) is 0. The van der Waals surface area contributed by atoms with Crippen LogP contribution in [-0.2, 0) is 14.3 Å². The minimum Gasteiger partial charge on any atom is -0.481 e. The van der Waals surface area contributed by atoms with Crippen molar-refractivity contribution in [3.63, 3.8) is 0 Å². The Balaban J connectivity index is 1.91. The van der Waals surface area contributed by atoms with E-state index in [9.17, 15) is 9.59 Å². The molecule has 1 aromatic rings. The largest absolute Gasteiger partial charge is 0.481 e. The summed E-state index contributed by atoms with van der Waals surface area (Å²) in [5.41, 5.74) is 0. The SMILES string of the molecule is CC(Oc1ccccc1)C(=O)N1CCOC(CC(=O)O)C1. The maximum atomic E-state index is 12.3. The van der Waals surface area contributed by atoms with E-state index in [0.717, 1.165) is 0 Å². The molecule has 1 aliphatic rings. The van der Waals surface area contributed by atoms with E-state index in [1.165, 1.54) is 0 Å². The number of ether oxygens (including phenoxy) is 2. The Bertz CT molecular complexity index is 490. The van der Waals surface area contributed by atoms with Gasteiger partial charge in [0, 0.05) is 13.1 Å². The number of benzene rings is 1. The van der Waals surface area contributed by atoms with Crippen LogP contribution < -0.4 is 4.74 Å². The molecule has 21 heavy (non-hydrogen) atoms. The lowest BCUT2D eigenvalue weighted by Crippen LogP contribution is -2.50. The van der Waals surface area contributed by atoms with Crippen molar-refractivity contribution < 1.29 is 24.2 Å². The molecule has 1 fully saturated rings. The number of hydrogen-bond acceptors (Lipinski definition) is 4. The van der Waals surface area contributed by atoms with E-state index in [4.69, 9.17) is 14.6 Å². The number of carbonyl (C=O) groups is 2. The molecule has 0 radical (unpaired) electrons. The molecule has 0 spiro atoms. The van der Waals surface area contributed by atoms with Gasteiger partial charge in [0.1, 0.15) is 5.75 Å². The molecule has 0 saturated carbocycles. The molecule has 2 rings (SSSR count). The van der Waals surface area contributed by atoms with Gasteiger partial charge in [0.2, 0.25) is 0 Å². The maximum Gasteiger partial charge on any atom is 0.306 e. The van der Waals surface area contributed by atoms with Gasteiger partial charge in [-0.25, -0.2) is 0 Å². The highest BCUT2D eigenvalue weighted by Gasteiger charge is 2.29. The summed E-state index contributed by atoms with van der Waals surface area (Å²) >= 11 is 0. The molecule has 1 N–H and O–H groups in total. The monoisotopic (exact) mass is 293 g/mol. The lowest BCUT2D eigenvalue weighted by molar-refractivity contribution is -0.151. The van der Waals surface area contributed by atoms with Crippen LogP contribution in [0.2, 0.25) is 0 Å². The van der Waals surface area contributed by atoms with Gasteiger partial charge >= 0.3 is 5.97 Å². The van der Waals surface area contributed by atoms with Crippen LogP contribution in [0.25, 0.3) is 0 Å². The molecule has 1 aromatic carbocycles. The van der Waals surface area contributed by atoms with Crippen molar-refractivity contribution in [2.75, 3.05) is 19.7 Å². The fourth-order valence-corrected chi connectivity index (χ4v) is 2.25. The first-order chi connectivity index (χ1) is 10.1. The quantitative estimate of drug-likeness (QED) is 0.881. The Hall–Kier alpha value is -2.08. The second-order valence-electron chi connectivity index (χ2n) is 4.95. The first kappa shape index (κ1) is 15.3. The van der Waals surface area contributed by atoms with Gasteiger partial charge in [-0.2, -0.15) is 0 Å². The molecule has 0 aliphatic carbocycles. The molecule has 2 atom stereocenters. The van der Waals surface area contributed by atoms with Crippen LogP contribution in [0.3, 0.4) is 0 Å². The lowest BCUT2D eigenvalue weighted by Gasteiger charge is -2.33. The number of nitrogens with zero attached hydrogens (tertiary/aromatic N) is 1. The number of amides is 1.